The van der Waals surface area contributed by atoms with Gasteiger partial charge in [0.05, 0.1) is 12.8 Å². The quantitative estimate of drug-likeness (QED) is 0.258. The van der Waals surface area contributed by atoms with Crippen molar-refractivity contribution < 1.29 is 14.3 Å². The lowest BCUT2D eigenvalue weighted by Gasteiger charge is -2.12. The summed E-state index contributed by atoms with van der Waals surface area (Å²) in [6.45, 7) is 3.85. The molecule has 0 unspecified atom stereocenters. The number of benzene rings is 4. The number of para-hydroxylation sites is 1. The lowest BCUT2D eigenvalue weighted by atomic mass is 10.1. The minimum absolute atomic E-state index is 0.125. The number of anilines is 3. The number of ether oxygens (including phenoxy) is 2. The molecule has 4 aromatic carbocycles. The van der Waals surface area contributed by atoms with E-state index in [9.17, 15) is 4.79 Å². The normalized spacial score (nSPS) is 10.8. The molecule has 6 nitrogen and oxygen atoms in total. The van der Waals surface area contributed by atoms with Gasteiger partial charge in [0.1, 0.15) is 0 Å². The molecular weight excluding hydrogens is 450 g/mol. The predicted octanol–water partition coefficient (Wildman–Crippen LogP) is 6.82. The van der Waals surface area contributed by atoms with Crippen LogP contribution >= 0.6 is 0 Å². The molecule has 0 heterocycles. The highest BCUT2D eigenvalue weighted by atomic mass is 16.5. The molecule has 2 N–H and O–H groups in total. The van der Waals surface area contributed by atoms with Crippen LogP contribution in [-0.4, -0.2) is 25.8 Å². The van der Waals surface area contributed by atoms with Crippen molar-refractivity contribution in [3.05, 3.63) is 108 Å². The summed E-state index contributed by atoms with van der Waals surface area (Å²) < 4.78 is 11.2. The summed E-state index contributed by atoms with van der Waals surface area (Å²) in [7, 11) is 1.57. The molecule has 1 amide bonds. The van der Waals surface area contributed by atoms with Gasteiger partial charge in [-0.3, -0.25) is 9.79 Å². The molecule has 4 aromatic rings. The highest BCUT2D eigenvalue weighted by Crippen LogP contribution is 2.28. The van der Waals surface area contributed by atoms with Gasteiger partial charge < -0.3 is 20.1 Å². The highest BCUT2D eigenvalue weighted by molar-refractivity contribution is 5.92. The zero-order valence-electron chi connectivity index (χ0n) is 20.6. The van der Waals surface area contributed by atoms with Crippen molar-refractivity contribution in [1.82, 2.24) is 0 Å². The van der Waals surface area contributed by atoms with E-state index < -0.39 is 0 Å². The number of amides is 1. The SMILES string of the molecule is COc1cc(C=Nc2ccc(Nc3ccccc3)cc2)ccc1OCC(=O)Nc1ccc(C)cc1C. The molecule has 0 aliphatic rings. The van der Waals surface area contributed by atoms with Crippen LogP contribution in [0.2, 0.25) is 0 Å². The molecule has 0 spiro atoms. The first-order valence-electron chi connectivity index (χ1n) is 11.6. The van der Waals surface area contributed by atoms with Crippen LogP contribution in [0.15, 0.2) is 96.0 Å². The van der Waals surface area contributed by atoms with E-state index in [1.54, 1.807) is 19.4 Å². The van der Waals surface area contributed by atoms with Gasteiger partial charge in [-0.1, -0.05) is 35.9 Å². The van der Waals surface area contributed by atoms with E-state index in [4.69, 9.17) is 9.47 Å². The van der Waals surface area contributed by atoms with Crippen molar-refractivity contribution in [3.63, 3.8) is 0 Å². The third-order valence-corrected chi connectivity index (χ3v) is 5.49. The molecule has 0 radical (unpaired) electrons. The van der Waals surface area contributed by atoms with Crippen LogP contribution in [0.4, 0.5) is 22.7 Å². The van der Waals surface area contributed by atoms with Gasteiger partial charge in [-0.05, 0) is 85.6 Å². The largest absolute Gasteiger partial charge is 0.493 e. The van der Waals surface area contributed by atoms with Gasteiger partial charge in [0.25, 0.3) is 5.91 Å². The van der Waals surface area contributed by atoms with Crippen LogP contribution in [0.3, 0.4) is 0 Å². The third kappa shape index (κ3) is 6.73. The molecule has 0 bridgehead atoms. The molecule has 0 aliphatic carbocycles. The maximum Gasteiger partial charge on any atom is 0.262 e. The number of aryl methyl sites for hydroxylation is 2. The van der Waals surface area contributed by atoms with Crippen molar-refractivity contribution in [3.8, 4) is 11.5 Å². The van der Waals surface area contributed by atoms with Crippen LogP contribution < -0.4 is 20.1 Å². The zero-order chi connectivity index (χ0) is 25.3. The first kappa shape index (κ1) is 24.5. The van der Waals surface area contributed by atoms with Crippen LogP contribution in [0, 0.1) is 13.8 Å². The number of hydrogen-bond acceptors (Lipinski definition) is 5. The summed E-state index contributed by atoms with van der Waals surface area (Å²) in [5.41, 5.74) is 6.63. The van der Waals surface area contributed by atoms with Crippen molar-refractivity contribution in [2.24, 2.45) is 4.99 Å². The lowest BCUT2D eigenvalue weighted by Crippen LogP contribution is -2.20. The maximum atomic E-state index is 12.4. The number of methoxy groups -OCH3 is 1. The summed E-state index contributed by atoms with van der Waals surface area (Å²) in [6.07, 6.45) is 1.76. The molecule has 0 aliphatic heterocycles. The fraction of sp³-hybridized carbons (Fsp3) is 0.133. The number of nitrogens with zero attached hydrogens (tertiary/aromatic N) is 1. The molecular formula is C30H29N3O3. The number of carbonyl (C=O) groups excluding carboxylic acids is 1. The molecule has 6 heteroatoms. The van der Waals surface area contributed by atoms with E-state index in [-0.39, 0.29) is 12.5 Å². The molecule has 4 rings (SSSR count). The molecule has 0 atom stereocenters. The first-order valence-corrected chi connectivity index (χ1v) is 11.6. The molecule has 0 saturated carbocycles. The van der Waals surface area contributed by atoms with E-state index >= 15 is 0 Å². The van der Waals surface area contributed by atoms with Crippen molar-refractivity contribution in [2.75, 3.05) is 24.4 Å². The van der Waals surface area contributed by atoms with Gasteiger partial charge in [-0.15, -0.1) is 0 Å². The average Bonchev–Trinajstić information content (AvgIpc) is 2.89. The van der Waals surface area contributed by atoms with Gasteiger partial charge in [0, 0.05) is 23.3 Å². The van der Waals surface area contributed by atoms with Gasteiger partial charge in [0.2, 0.25) is 0 Å². The van der Waals surface area contributed by atoms with E-state index in [0.717, 1.165) is 39.4 Å². The monoisotopic (exact) mass is 479 g/mol. The summed E-state index contributed by atoms with van der Waals surface area (Å²) in [5.74, 6) is 0.780. The Morgan fingerprint density at radius 1 is 0.861 bits per heavy atom. The zero-order valence-corrected chi connectivity index (χ0v) is 20.6. The van der Waals surface area contributed by atoms with Crippen LogP contribution in [0.25, 0.3) is 0 Å². The molecule has 0 saturated heterocycles. The van der Waals surface area contributed by atoms with Crippen molar-refractivity contribution in [2.45, 2.75) is 13.8 Å². The van der Waals surface area contributed by atoms with E-state index in [1.807, 2.05) is 98.8 Å². The number of hydrogen-bond donors (Lipinski definition) is 2. The highest BCUT2D eigenvalue weighted by Gasteiger charge is 2.10. The predicted molar refractivity (Wildman–Crippen MR) is 146 cm³/mol. The topological polar surface area (TPSA) is 71.9 Å². The van der Waals surface area contributed by atoms with Crippen molar-refractivity contribution in [1.29, 1.82) is 0 Å². The number of aliphatic imine (C=N–C) groups is 1. The minimum Gasteiger partial charge on any atom is -0.493 e. The molecule has 0 aromatic heterocycles. The van der Waals surface area contributed by atoms with Gasteiger partial charge in [0.15, 0.2) is 18.1 Å². The second-order valence-corrected chi connectivity index (χ2v) is 8.36. The number of rotatable bonds is 9. The van der Waals surface area contributed by atoms with Gasteiger partial charge in [-0.25, -0.2) is 0 Å². The van der Waals surface area contributed by atoms with Crippen LogP contribution in [0.5, 0.6) is 11.5 Å². The summed E-state index contributed by atoms with van der Waals surface area (Å²) in [4.78, 5) is 16.9. The Labute approximate surface area is 211 Å². The Bertz CT molecular complexity index is 1350. The second kappa shape index (κ2) is 11.7. The molecule has 182 valence electrons. The summed E-state index contributed by atoms with van der Waals surface area (Å²) in [6, 6.07) is 29.2. The number of carbonyl (C=O) groups is 1. The van der Waals surface area contributed by atoms with E-state index in [0.29, 0.717) is 11.5 Å². The Morgan fingerprint density at radius 2 is 1.61 bits per heavy atom. The van der Waals surface area contributed by atoms with Gasteiger partial charge >= 0.3 is 0 Å². The Balaban J connectivity index is 1.35. The summed E-state index contributed by atoms with van der Waals surface area (Å²) >= 11 is 0. The Hall–Kier alpha value is -4.58. The van der Waals surface area contributed by atoms with Crippen molar-refractivity contribution >= 4 is 34.9 Å². The second-order valence-electron chi connectivity index (χ2n) is 8.36. The Kier molecular flexibility index (Phi) is 7.98. The fourth-order valence-corrected chi connectivity index (χ4v) is 3.64. The number of nitrogens with one attached hydrogen (secondary N) is 2. The van der Waals surface area contributed by atoms with Crippen LogP contribution in [0.1, 0.15) is 16.7 Å². The van der Waals surface area contributed by atoms with E-state index in [1.165, 1.54) is 0 Å². The smallest absolute Gasteiger partial charge is 0.262 e. The maximum absolute atomic E-state index is 12.4. The van der Waals surface area contributed by atoms with Gasteiger partial charge in [-0.2, -0.15) is 0 Å². The van der Waals surface area contributed by atoms with E-state index in [2.05, 4.69) is 15.6 Å². The first-order chi connectivity index (χ1) is 17.5. The Morgan fingerprint density at radius 3 is 2.33 bits per heavy atom. The van der Waals surface area contributed by atoms with Crippen LogP contribution in [-0.2, 0) is 4.79 Å². The lowest BCUT2D eigenvalue weighted by molar-refractivity contribution is -0.118. The standard InChI is InChI=1S/C30H29N3O3/c1-21-9-15-27(22(2)17-21)33-30(34)20-36-28-16-10-23(18-29(28)35-3)19-31-24-11-13-26(14-12-24)32-25-7-5-4-6-8-25/h4-19,32H,20H2,1-3H3,(H,33,34). The summed E-state index contributed by atoms with van der Waals surface area (Å²) in [5, 5.41) is 6.24. The minimum atomic E-state index is -0.236. The average molecular weight is 480 g/mol. The third-order valence-electron chi connectivity index (χ3n) is 5.49. The fourth-order valence-electron chi connectivity index (χ4n) is 3.64. The molecule has 36 heavy (non-hydrogen) atoms. The molecule has 0 fully saturated rings.